The summed E-state index contributed by atoms with van der Waals surface area (Å²) in [7, 11) is 0. The molecule has 2 nitrogen and oxygen atoms in total. The first-order chi connectivity index (χ1) is 5.88. The molecule has 1 saturated carbocycles. The van der Waals surface area contributed by atoms with Crippen molar-refractivity contribution in [1.29, 1.82) is 0 Å². The maximum Gasteiger partial charge on any atom is 0.0244 e. The third-order valence-corrected chi connectivity index (χ3v) is 3.11. The van der Waals surface area contributed by atoms with Crippen molar-refractivity contribution in [3.8, 4) is 0 Å². The number of thioether (sulfide) groups is 1. The Morgan fingerprint density at radius 2 is 2.25 bits per heavy atom. The molecule has 0 heterocycles. The Hall–Kier alpha value is -0.670. The van der Waals surface area contributed by atoms with Gasteiger partial charge in [-0.05, 0) is 31.0 Å². The maximum absolute atomic E-state index is 10.3. The van der Waals surface area contributed by atoms with Gasteiger partial charge >= 0.3 is 0 Å². The lowest BCUT2D eigenvalue weighted by Crippen LogP contribution is -1.84. The Morgan fingerprint density at radius 3 is 2.92 bits per heavy atom. The van der Waals surface area contributed by atoms with E-state index in [4.69, 9.17) is 0 Å². The Bertz CT molecular complexity index is 273. The molecule has 3 heteroatoms. The monoisotopic (exact) mass is 180 g/mol. The molecule has 1 fully saturated rings. The zero-order valence-corrected chi connectivity index (χ0v) is 7.43. The van der Waals surface area contributed by atoms with Crippen LogP contribution in [-0.2, 0) is 0 Å². The Morgan fingerprint density at radius 1 is 1.42 bits per heavy atom. The molecule has 0 radical (unpaired) electrons. The van der Waals surface area contributed by atoms with Crippen molar-refractivity contribution in [1.82, 2.24) is 0 Å². The van der Waals surface area contributed by atoms with Crippen LogP contribution in [0.4, 0.5) is 5.69 Å². The maximum atomic E-state index is 10.3. The summed E-state index contributed by atoms with van der Waals surface area (Å²) in [6.07, 6.45) is 2.64. The lowest BCUT2D eigenvalue weighted by Gasteiger charge is -2.09. The van der Waals surface area contributed by atoms with Gasteiger partial charge in [0.15, 0.2) is 0 Å². The van der Waals surface area contributed by atoms with Gasteiger partial charge in [0.25, 0.3) is 0 Å². The summed E-state index contributed by atoms with van der Waals surface area (Å²) in [5.74, 6) is 0. The molecular weight excluding hydrogens is 170 g/mol. The summed E-state index contributed by atoms with van der Waals surface area (Å²) in [5.41, 5.74) is 2.55. The molecule has 1 aliphatic carbocycles. The molecule has 2 rings (SSSR count). The van der Waals surface area contributed by atoms with Crippen LogP contribution in [0.15, 0.2) is 29.2 Å². The van der Waals surface area contributed by atoms with E-state index >= 15 is 0 Å². The second kappa shape index (κ2) is 3.37. The summed E-state index contributed by atoms with van der Waals surface area (Å²) in [6.45, 7) is 0. The lowest BCUT2D eigenvalue weighted by molar-refractivity contribution is 1.41. The summed E-state index contributed by atoms with van der Waals surface area (Å²) in [4.78, 5) is 1.19. The summed E-state index contributed by atoms with van der Waals surface area (Å²) >= 11 is 1.86. The van der Waals surface area contributed by atoms with Crippen LogP contribution in [0.5, 0.6) is 0 Å². The fourth-order valence-corrected chi connectivity index (χ4v) is 2.12. The van der Waals surface area contributed by atoms with Crippen molar-refractivity contribution < 1.29 is 0 Å². The van der Waals surface area contributed by atoms with Gasteiger partial charge in [-0.2, -0.15) is 0 Å². The van der Waals surface area contributed by atoms with E-state index in [1.54, 1.807) is 6.07 Å². The quantitative estimate of drug-likeness (QED) is 0.726. The molecule has 0 aromatic heterocycles. The minimum atomic E-state index is 0.653. The van der Waals surface area contributed by atoms with E-state index in [0.717, 1.165) is 5.25 Å². The van der Waals surface area contributed by atoms with E-state index in [1.165, 1.54) is 17.7 Å². The number of nitrogens with one attached hydrogen (secondary N) is 1. The zero-order chi connectivity index (χ0) is 8.39. The smallest absolute Gasteiger partial charge is 0.0244 e. The van der Waals surface area contributed by atoms with E-state index in [0.29, 0.717) is 5.69 Å². The highest BCUT2D eigenvalue weighted by molar-refractivity contribution is 8.00. The van der Waals surface area contributed by atoms with Gasteiger partial charge in [-0.25, -0.2) is 0 Å². The normalized spacial score (nSPS) is 16.1. The number of benzene rings is 1. The molecule has 0 unspecified atom stereocenters. The zero-order valence-electron chi connectivity index (χ0n) is 6.62. The van der Waals surface area contributed by atoms with Crippen LogP contribution in [0.1, 0.15) is 12.8 Å². The van der Waals surface area contributed by atoms with Crippen LogP contribution in [0.2, 0.25) is 0 Å². The van der Waals surface area contributed by atoms with E-state index < -0.39 is 0 Å². The molecule has 1 aromatic carbocycles. The highest BCUT2D eigenvalue weighted by atomic mass is 32.2. The standard InChI is InChI=1S/C9H10NOS/c11-10-7-2-1-3-9(6-7)12-8-4-5-8/h1-3,6,8,10H,4-5H2/q-1. The highest BCUT2D eigenvalue weighted by Crippen LogP contribution is 2.39. The van der Waals surface area contributed by atoms with Crippen LogP contribution >= 0.6 is 11.8 Å². The predicted octanol–water partition coefficient (Wildman–Crippen LogP) is 2.85. The Balaban J connectivity index is 2.08. The van der Waals surface area contributed by atoms with Crippen LogP contribution in [0, 0.1) is 5.21 Å². The summed E-state index contributed by atoms with van der Waals surface area (Å²) in [6, 6.07) is 7.63. The molecule has 1 N–H and O–H groups in total. The molecule has 0 saturated heterocycles. The second-order valence-corrected chi connectivity index (χ2v) is 4.32. The minimum Gasteiger partial charge on any atom is -0.761 e. The third-order valence-electron chi connectivity index (χ3n) is 1.78. The molecule has 12 heavy (non-hydrogen) atoms. The summed E-state index contributed by atoms with van der Waals surface area (Å²) < 4.78 is 0. The average molecular weight is 180 g/mol. The topological polar surface area (TPSA) is 35.1 Å². The SMILES string of the molecule is [O-]Nc1cccc(SC2CC2)c1. The van der Waals surface area contributed by atoms with Crippen molar-refractivity contribution in [3.05, 3.63) is 29.5 Å². The van der Waals surface area contributed by atoms with Gasteiger partial charge in [0, 0.05) is 15.8 Å². The van der Waals surface area contributed by atoms with Crippen LogP contribution in [0.25, 0.3) is 0 Å². The van der Waals surface area contributed by atoms with Gasteiger partial charge in [-0.3, -0.25) is 0 Å². The fraction of sp³-hybridized carbons (Fsp3) is 0.333. The third kappa shape index (κ3) is 1.93. The van der Waals surface area contributed by atoms with E-state index in [-0.39, 0.29) is 0 Å². The number of hydrogen-bond donors (Lipinski definition) is 1. The number of rotatable bonds is 3. The largest absolute Gasteiger partial charge is 0.761 e. The van der Waals surface area contributed by atoms with Crippen LogP contribution in [0.3, 0.4) is 0 Å². The van der Waals surface area contributed by atoms with E-state index in [1.807, 2.05) is 35.4 Å². The molecule has 1 aromatic rings. The van der Waals surface area contributed by atoms with Gasteiger partial charge in [-0.15, -0.1) is 11.8 Å². The molecule has 0 amide bonds. The van der Waals surface area contributed by atoms with E-state index in [9.17, 15) is 5.21 Å². The Labute approximate surface area is 75.9 Å². The predicted molar refractivity (Wildman–Crippen MR) is 52.3 cm³/mol. The Kier molecular flexibility index (Phi) is 2.23. The lowest BCUT2D eigenvalue weighted by atomic mass is 10.3. The molecule has 0 aliphatic heterocycles. The molecule has 1 aliphatic rings. The first kappa shape index (κ1) is 7.95. The number of anilines is 1. The van der Waals surface area contributed by atoms with Gasteiger partial charge < -0.3 is 10.7 Å². The first-order valence-corrected chi connectivity index (χ1v) is 4.91. The minimum absolute atomic E-state index is 0.653. The van der Waals surface area contributed by atoms with Crippen molar-refractivity contribution in [2.24, 2.45) is 0 Å². The first-order valence-electron chi connectivity index (χ1n) is 4.03. The fourth-order valence-electron chi connectivity index (χ4n) is 1.01. The van der Waals surface area contributed by atoms with Crippen molar-refractivity contribution in [3.63, 3.8) is 0 Å². The van der Waals surface area contributed by atoms with Gasteiger partial charge in [0.05, 0.1) is 0 Å². The van der Waals surface area contributed by atoms with Crippen molar-refractivity contribution in [2.45, 2.75) is 23.0 Å². The van der Waals surface area contributed by atoms with E-state index in [2.05, 4.69) is 0 Å². The van der Waals surface area contributed by atoms with Crippen LogP contribution in [-0.4, -0.2) is 5.25 Å². The highest BCUT2D eigenvalue weighted by Gasteiger charge is 2.22. The molecule has 0 spiro atoms. The van der Waals surface area contributed by atoms with Crippen molar-refractivity contribution >= 4 is 17.4 Å². The average Bonchev–Trinajstić information content (AvgIpc) is 2.89. The molecular formula is C9H10NOS-. The number of hydrogen-bond acceptors (Lipinski definition) is 3. The molecule has 0 atom stereocenters. The summed E-state index contributed by atoms with van der Waals surface area (Å²) in [5, 5.41) is 11.1. The molecule has 0 bridgehead atoms. The molecule has 64 valence electrons. The van der Waals surface area contributed by atoms with Crippen LogP contribution < -0.4 is 5.48 Å². The van der Waals surface area contributed by atoms with Crippen molar-refractivity contribution in [2.75, 3.05) is 5.48 Å². The second-order valence-electron chi connectivity index (χ2n) is 2.95. The van der Waals surface area contributed by atoms with Gasteiger partial charge in [0.2, 0.25) is 0 Å². The van der Waals surface area contributed by atoms with Gasteiger partial charge in [-0.1, -0.05) is 6.07 Å². The van der Waals surface area contributed by atoms with Gasteiger partial charge in [0.1, 0.15) is 0 Å².